The van der Waals surface area contributed by atoms with Gasteiger partial charge in [0.1, 0.15) is 0 Å². The lowest BCUT2D eigenvalue weighted by molar-refractivity contribution is -0.113. The van der Waals surface area contributed by atoms with E-state index in [-0.39, 0.29) is 11.7 Å². The fraction of sp³-hybridized carbons (Fsp3) is 0.0952. The number of benzene rings is 3. The number of carbonyl (C=O) groups is 1. The third-order valence-electron chi connectivity index (χ3n) is 4.10. The van der Waals surface area contributed by atoms with E-state index in [1.54, 1.807) is 0 Å². The number of nitrogens with one attached hydrogen (secondary N) is 1. The zero-order valence-electron chi connectivity index (χ0n) is 14.7. The molecule has 0 aliphatic heterocycles. The van der Waals surface area contributed by atoms with Gasteiger partial charge in [0.15, 0.2) is 0 Å². The van der Waals surface area contributed by atoms with E-state index in [4.69, 9.17) is 4.42 Å². The van der Waals surface area contributed by atoms with Gasteiger partial charge in [0.2, 0.25) is 11.8 Å². The lowest BCUT2D eigenvalue weighted by Crippen LogP contribution is -2.14. The summed E-state index contributed by atoms with van der Waals surface area (Å²) in [5.41, 5.74) is 2.82. The van der Waals surface area contributed by atoms with E-state index in [0.717, 1.165) is 27.6 Å². The molecular formula is C21H17N3O2S. The van der Waals surface area contributed by atoms with Crippen LogP contribution in [-0.4, -0.2) is 21.9 Å². The minimum atomic E-state index is -0.119. The second kappa shape index (κ2) is 7.63. The fourth-order valence-corrected chi connectivity index (χ4v) is 3.29. The zero-order valence-corrected chi connectivity index (χ0v) is 15.5. The Balaban J connectivity index is 1.40. The highest BCUT2D eigenvalue weighted by Crippen LogP contribution is 2.25. The SMILES string of the molecule is Cc1ccc(-c2nnc(SCC(=O)Nc3cccc4ccccc34)o2)cc1. The van der Waals surface area contributed by atoms with E-state index in [2.05, 4.69) is 15.5 Å². The van der Waals surface area contributed by atoms with Gasteiger partial charge in [-0.25, -0.2) is 0 Å². The van der Waals surface area contributed by atoms with E-state index >= 15 is 0 Å². The van der Waals surface area contributed by atoms with Gasteiger partial charge in [-0.2, -0.15) is 0 Å². The third-order valence-corrected chi connectivity index (χ3v) is 4.91. The Labute approximate surface area is 160 Å². The van der Waals surface area contributed by atoms with Crippen molar-refractivity contribution < 1.29 is 9.21 Å². The molecule has 0 aliphatic carbocycles. The van der Waals surface area contributed by atoms with Crippen LogP contribution in [0.25, 0.3) is 22.2 Å². The van der Waals surface area contributed by atoms with E-state index in [9.17, 15) is 4.79 Å². The Bertz CT molecular complexity index is 1080. The second-order valence-electron chi connectivity index (χ2n) is 6.10. The summed E-state index contributed by atoms with van der Waals surface area (Å²) in [6, 6.07) is 21.6. The number of amides is 1. The number of nitrogens with zero attached hydrogens (tertiary/aromatic N) is 2. The minimum absolute atomic E-state index is 0.119. The predicted molar refractivity (Wildman–Crippen MR) is 108 cm³/mol. The molecule has 1 aromatic heterocycles. The predicted octanol–water partition coefficient (Wildman–Crippen LogP) is 4.93. The third kappa shape index (κ3) is 4.01. The number of rotatable bonds is 5. The summed E-state index contributed by atoms with van der Waals surface area (Å²) in [6.07, 6.45) is 0. The lowest BCUT2D eigenvalue weighted by Gasteiger charge is -2.07. The van der Waals surface area contributed by atoms with Crippen molar-refractivity contribution in [1.82, 2.24) is 10.2 Å². The van der Waals surface area contributed by atoms with Crippen molar-refractivity contribution in [1.29, 1.82) is 0 Å². The molecule has 5 nitrogen and oxygen atoms in total. The van der Waals surface area contributed by atoms with Gasteiger partial charge in [0, 0.05) is 16.6 Å². The van der Waals surface area contributed by atoms with Gasteiger partial charge in [-0.3, -0.25) is 4.79 Å². The number of fused-ring (bicyclic) bond motifs is 1. The number of carbonyl (C=O) groups excluding carboxylic acids is 1. The number of aryl methyl sites for hydroxylation is 1. The van der Waals surface area contributed by atoms with Crippen LogP contribution in [0.3, 0.4) is 0 Å². The van der Waals surface area contributed by atoms with E-state index in [0.29, 0.717) is 11.1 Å². The molecule has 27 heavy (non-hydrogen) atoms. The molecule has 1 amide bonds. The number of anilines is 1. The van der Waals surface area contributed by atoms with Gasteiger partial charge in [0.25, 0.3) is 5.22 Å². The first-order valence-corrected chi connectivity index (χ1v) is 9.48. The maximum atomic E-state index is 12.3. The minimum Gasteiger partial charge on any atom is -0.411 e. The summed E-state index contributed by atoms with van der Waals surface area (Å²) in [4.78, 5) is 12.3. The van der Waals surface area contributed by atoms with Crippen LogP contribution in [-0.2, 0) is 4.79 Å². The molecule has 0 radical (unpaired) electrons. The smallest absolute Gasteiger partial charge is 0.277 e. The molecule has 3 aromatic carbocycles. The quantitative estimate of drug-likeness (QED) is 0.501. The summed E-state index contributed by atoms with van der Waals surface area (Å²) < 4.78 is 5.64. The topological polar surface area (TPSA) is 68.0 Å². The summed E-state index contributed by atoms with van der Waals surface area (Å²) in [6.45, 7) is 2.02. The Hall–Kier alpha value is -3.12. The van der Waals surface area contributed by atoms with Gasteiger partial charge in [-0.15, -0.1) is 10.2 Å². The van der Waals surface area contributed by atoms with Crippen LogP contribution in [0.5, 0.6) is 0 Å². The van der Waals surface area contributed by atoms with Crippen LogP contribution < -0.4 is 5.32 Å². The first-order chi connectivity index (χ1) is 13.2. The zero-order chi connectivity index (χ0) is 18.6. The van der Waals surface area contributed by atoms with Crippen LogP contribution in [0, 0.1) is 6.92 Å². The molecule has 1 N–H and O–H groups in total. The van der Waals surface area contributed by atoms with E-state index < -0.39 is 0 Å². The van der Waals surface area contributed by atoms with Crippen molar-refractivity contribution in [2.45, 2.75) is 12.1 Å². The van der Waals surface area contributed by atoms with Crippen LogP contribution in [0.15, 0.2) is 76.4 Å². The van der Waals surface area contributed by atoms with Crippen molar-refractivity contribution in [2.24, 2.45) is 0 Å². The monoisotopic (exact) mass is 375 g/mol. The largest absolute Gasteiger partial charge is 0.411 e. The van der Waals surface area contributed by atoms with Crippen molar-refractivity contribution >= 4 is 34.1 Å². The number of aromatic nitrogens is 2. The number of thioether (sulfide) groups is 1. The molecule has 0 saturated heterocycles. The fourth-order valence-electron chi connectivity index (χ4n) is 2.73. The van der Waals surface area contributed by atoms with Crippen molar-refractivity contribution in [3.8, 4) is 11.5 Å². The number of hydrogen-bond acceptors (Lipinski definition) is 5. The maximum absolute atomic E-state index is 12.3. The van der Waals surface area contributed by atoms with Crippen LogP contribution >= 0.6 is 11.8 Å². The molecule has 0 unspecified atom stereocenters. The van der Waals surface area contributed by atoms with Crippen LogP contribution in [0.1, 0.15) is 5.56 Å². The molecular weight excluding hydrogens is 358 g/mol. The highest BCUT2D eigenvalue weighted by Gasteiger charge is 2.12. The Morgan fingerprint density at radius 1 is 1.00 bits per heavy atom. The molecule has 0 saturated carbocycles. The molecule has 0 aliphatic rings. The molecule has 1 heterocycles. The van der Waals surface area contributed by atoms with Crippen LogP contribution in [0.2, 0.25) is 0 Å². The first kappa shape index (κ1) is 17.3. The highest BCUT2D eigenvalue weighted by atomic mass is 32.2. The Kier molecular flexibility index (Phi) is 4.89. The molecule has 4 rings (SSSR count). The number of hydrogen-bond donors (Lipinski definition) is 1. The van der Waals surface area contributed by atoms with Crippen LogP contribution in [0.4, 0.5) is 5.69 Å². The Morgan fingerprint density at radius 3 is 2.63 bits per heavy atom. The van der Waals surface area contributed by atoms with E-state index in [1.165, 1.54) is 11.8 Å². The van der Waals surface area contributed by atoms with Gasteiger partial charge >= 0.3 is 0 Å². The molecule has 0 spiro atoms. The van der Waals surface area contributed by atoms with Crippen molar-refractivity contribution in [3.63, 3.8) is 0 Å². The van der Waals surface area contributed by atoms with Crippen molar-refractivity contribution in [3.05, 3.63) is 72.3 Å². The average Bonchev–Trinajstić information content (AvgIpc) is 3.16. The lowest BCUT2D eigenvalue weighted by atomic mass is 10.1. The molecule has 4 aromatic rings. The van der Waals surface area contributed by atoms with Crippen molar-refractivity contribution in [2.75, 3.05) is 11.1 Å². The first-order valence-electron chi connectivity index (χ1n) is 8.50. The second-order valence-corrected chi connectivity index (χ2v) is 7.03. The van der Waals surface area contributed by atoms with Gasteiger partial charge in [-0.1, -0.05) is 65.9 Å². The Morgan fingerprint density at radius 2 is 1.78 bits per heavy atom. The van der Waals surface area contributed by atoms with Gasteiger partial charge in [-0.05, 0) is 30.5 Å². The van der Waals surface area contributed by atoms with E-state index in [1.807, 2.05) is 73.7 Å². The molecule has 0 fully saturated rings. The maximum Gasteiger partial charge on any atom is 0.277 e. The molecule has 134 valence electrons. The summed E-state index contributed by atoms with van der Waals surface area (Å²) in [7, 11) is 0. The summed E-state index contributed by atoms with van der Waals surface area (Å²) >= 11 is 1.22. The summed E-state index contributed by atoms with van der Waals surface area (Å²) in [5, 5.41) is 13.5. The normalized spacial score (nSPS) is 10.9. The molecule has 6 heteroatoms. The standard InChI is InChI=1S/C21H17N3O2S/c1-14-9-11-16(12-10-14)20-23-24-21(26-20)27-13-19(25)22-18-8-4-6-15-5-2-3-7-17(15)18/h2-12H,13H2,1H3,(H,22,25). The summed E-state index contributed by atoms with van der Waals surface area (Å²) in [5.74, 6) is 0.525. The highest BCUT2D eigenvalue weighted by molar-refractivity contribution is 7.99. The molecule has 0 atom stereocenters. The van der Waals surface area contributed by atoms with Gasteiger partial charge in [0.05, 0.1) is 5.75 Å². The molecule has 0 bridgehead atoms. The average molecular weight is 375 g/mol. The van der Waals surface area contributed by atoms with Gasteiger partial charge < -0.3 is 9.73 Å².